The molecular formula is C20H32N2O4S. The molecule has 1 saturated heterocycles. The van der Waals surface area contributed by atoms with Gasteiger partial charge in [-0.05, 0) is 49.8 Å². The first-order chi connectivity index (χ1) is 12.9. The molecule has 0 unspecified atom stereocenters. The number of ether oxygens (including phenoxy) is 1. The minimum Gasteiger partial charge on any atom is -0.497 e. The monoisotopic (exact) mass is 396 g/mol. The molecule has 0 saturated carbocycles. The molecule has 2 rings (SSSR count). The fraction of sp³-hybridized carbons (Fsp3) is 0.650. The summed E-state index contributed by atoms with van der Waals surface area (Å²) < 4.78 is 31.3. The Bertz CT molecular complexity index is 682. The van der Waals surface area contributed by atoms with Crippen LogP contribution in [0.1, 0.15) is 44.1 Å². The number of carbonyl (C=O) groups excluding carboxylic acids is 1. The number of hydrogen-bond acceptors (Lipinski definition) is 4. The van der Waals surface area contributed by atoms with Crippen molar-refractivity contribution in [2.45, 2.75) is 44.9 Å². The fourth-order valence-corrected chi connectivity index (χ4v) is 4.88. The van der Waals surface area contributed by atoms with Gasteiger partial charge in [-0.25, -0.2) is 12.7 Å². The molecule has 0 aliphatic carbocycles. The van der Waals surface area contributed by atoms with Crippen molar-refractivity contribution in [3.05, 3.63) is 29.8 Å². The second-order valence-electron chi connectivity index (χ2n) is 7.15. The molecule has 0 bridgehead atoms. The lowest BCUT2D eigenvalue weighted by molar-refractivity contribution is -0.129. The van der Waals surface area contributed by atoms with Crippen LogP contribution in [-0.2, 0) is 21.2 Å². The van der Waals surface area contributed by atoms with Gasteiger partial charge in [0, 0.05) is 33.1 Å². The molecule has 0 atom stereocenters. The number of methoxy groups -OCH3 is 1. The molecule has 1 aromatic rings. The lowest BCUT2D eigenvalue weighted by Crippen LogP contribution is -2.37. The maximum absolute atomic E-state index is 12.3. The molecule has 27 heavy (non-hydrogen) atoms. The molecule has 1 aromatic carbocycles. The van der Waals surface area contributed by atoms with E-state index in [2.05, 4.69) is 0 Å². The molecule has 1 fully saturated rings. The number of likely N-dealkylation sites (N-methyl/N-ethyl adjacent to an activating group) is 1. The molecule has 0 N–H and O–H groups in total. The van der Waals surface area contributed by atoms with Crippen LogP contribution in [0.25, 0.3) is 0 Å². The summed E-state index contributed by atoms with van der Waals surface area (Å²) in [5.41, 5.74) is 1.16. The minimum absolute atomic E-state index is 0.0684. The number of sulfonamides is 1. The first-order valence-electron chi connectivity index (χ1n) is 9.77. The standard InChI is InChI=1S/C20H32N2O4S/c1-21(16-13-18-9-11-19(26-2)12-10-18)20(23)8-4-7-17-27(24,25)22-14-5-3-6-15-22/h9-12H,3-8,13-17H2,1-2H3. The normalized spacial score (nSPS) is 15.5. The Morgan fingerprint density at radius 1 is 1.11 bits per heavy atom. The van der Waals surface area contributed by atoms with E-state index in [-0.39, 0.29) is 11.7 Å². The topological polar surface area (TPSA) is 66.9 Å². The van der Waals surface area contributed by atoms with Gasteiger partial charge in [0.2, 0.25) is 15.9 Å². The number of unbranched alkanes of at least 4 members (excludes halogenated alkanes) is 1. The van der Waals surface area contributed by atoms with Crippen LogP contribution in [0.5, 0.6) is 5.75 Å². The Morgan fingerprint density at radius 2 is 1.78 bits per heavy atom. The highest BCUT2D eigenvalue weighted by molar-refractivity contribution is 7.89. The Kier molecular flexibility index (Phi) is 8.57. The zero-order valence-electron chi connectivity index (χ0n) is 16.5. The summed E-state index contributed by atoms with van der Waals surface area (Å²) in [7, 11) is 0.285. The van der Waals surface area contributed by atoms with Crippen LogP contribution >= 0.6 is 0 Å². The third-order valence-electron chi connectivity index (χ3n) is 5.07. The predicted octanol–water partition coefficient (Wildman–Crippen LogP) is 2.68. The van der Waals surface area contributed by atoms with Crippen molar-refractivity contribution in [1.82, 2.24) is 9.21 Å². The van der Waals surface area contributed by atoms with Gasteiger partial charge in [0.25, 0.3) is 0 Å². The number of rotatable bonds is 10. The Balaban J connectivity index is 1.65. The van der Waals surface area contributed by atoms with E-state index in [1.54, 1.807) is 23.4 Å². The van der Waals surface area contributed by atoms with Crippen molar-refractivity contribution in [1.29, 1.82) is 0 Å². The average Bonchev–Trinajstić information content (AvgIpc) is 2.70. The highest BCUT2D eigenvalue weighted by Gasteiger charge is 2.23. The molecule has 1 aliphatic rings. The van der Waals surface area contributed by atoms with Gasteiger partial charge in [0.05, 0.1) is 12.9 Å². The maximum atomic E-state index is 12.3. The van der Waals surface area contributed by atoms with Crippen LogP contribution in [0.4, 0.5) is 0 Å². The van der Waals surface area contributed by atoms with Gasteiger partial charge in [-0.1, -0.05) is 18.6 Å². The SMILES string of the molecule is COc1ccc(CCN(C)C(=O)CCCCS(=O)(=O)N2CCCCC2)cc1. The third-order valence-corrected chi connectivity index (χ3v) is 7.03. The van der Waals surface area contributed by atoms with Gasteiger partial charge in [0.1, 0.15) is 5.75 Å². The van der Waals surface area contributed by atoms with E-state index >= 15 is 0 Å². The molecule has 1 aliphatic heterocycles. The molecule has 1 amide bonds. The van der Waals surface area contributed by atoms with Crippen molar-refractivity contribution in [3.63, 3.8) is 0 Å². The summed E-state index contributed by atoms with van der Waals surface area (Å²) in [6.07, 6.45) is 5.36. The van der Waals surface area contributed by atoms with Crippen LogP contribution in [-0.4, -0.2) is 63.1 Å². The first-order valence-corrected chi connectivity index (χ1v) is 11.4. The lowest BCUT2D eigenvalue weighted by Gasteiger charge is -2.25. The summed E-state index contributed by atoms with van der Waals surface area (Å²) in [5.74, 6) is 1.04. The summed E-state index contributed by atoms with van der Waals surface area (Å²) in [6.45, 7) is 1.95. The summed E-state index contributed by atoms with van der Waals surface area (Å²) in [6, 6.07) is 7.84. The number of carbonyl (C=O) groups is 1. The van der Waals surface area contributed by atoms with E-state index < -0.39 is 10.0 Å². The zero-order valence-corrected chi connectivity index (χ0v) is 17.3. The van der Waals surface area contributed by atoms with E-state index in [0.717, 1.165) is 37.0 Å². The third kappa shape index (κ3) is 7.14. The molecule has 7 heteroatoms. The number of amides is 1. The van der Waals surface area contributed by atoms with Crippen LogP contribution in [0.15, 0.2) is 24.3 Å². The van der Waals surface area contributed by atoms with Gasteiger partial charge in [0.15, 0.2) is 0 Å². The summed E-state index contributed by atoms with van der Waals surface area (Å²) in [5, 5.41) is 0. The average molecular weight is 397 g/mol. The van der Waals surface area contributed by atoms with E-state index in [4.69, 9.17) is 4.74 Å². The molecule has 0 spiro atoms. The van der Waals surface area contributed by atoms with Gasteiger partial charge in [-0.2, -0.15) is 0 Å². The van der Waals surface area contributed by atoms with Crippen molar-refractivity contribution in [2.75, 3.05) is 39.5 Å². The minimum atomic E-state index is -3.16. The molecular weight excluding hydrogens is 364 g/mol. The summed E-state index contributed by atoms with van der Waals surface area (Å²) in [4.78, 5) is 14.0. The van der Waals surface area contributed by atoms with Crippen molar-refractivity contribution in [3.8, 4) is 5.75 Å². The van der Waals surface area contributed by atoms with E-state index in [9.17, 15) is 13.2 Å². The largest absolute Gasteiger partial charge is 0.497 e. The Hall–Kier alpha value is -1.60. The zero-order chi connectivity index (χ0) is 19.7. The quantitative estimate of drug-likeness (QED) is 0.570. The predicted molar refractivity (Wildman–Crippen MR) is 107 cm³/mol. The van der Waals surface area contributed by atoms with Crippen LogP contribution in [0, 0.1) is 0 Å². The van der Waals surface area contributed by atoms with Crippen molar-refractivity contribution in [2.24, 2.45) is 0 Å². The first kappa shape index (κ1) is 21.7. The van der Waals surface area contributed by atoms with Crippen molar-refractivity contribution < 1.29 is 17.9 Å². The second-order valence-corrected chi connectivity index (χ2v) is 9.23. The van der Waals surface area contributed by atoms with Gasteiger partial charge in [-0.3, -0.25) is 4.79 Å². The van der Waals surface area contributed by atoms with Crippen LogP contribution in [0.3, 0.4) is 0 Å². The maximum Gasteiger partial charge on any atom is 0.222 e. The lowest BCUT2D eigenvalue weighted by atomic mass is 10.1. The Morgan fingerprint density at radius 3 is 2.41 bits per heavy atom. The molecule has 6 nitrogen and oxygen atoms in total. The smallest absolute Gasteiger partial charge is 0.222 e. The number of hydrogen-bond donors (Lipinski definition) is 0. The van der Waals surface area contributed by atoms with E-state index in [1.807, 2.05) is 24.3 Å². The Labute approximate surface area is 163 Å². The van der Waals surface area contributed by atoms with Crippen molar-refractivity contribution >= 4 is 15.9 Å². The number of piperidine rings is 1. The molecule has 152 valence electrons. The number of benzene rings is 1. The molecule has 0 radical (unpaired) electrons. The molecule has 1 heterocycles. The summed E-state index contributed by atoms with van der Waals surface area (Å²) >= 11 is 0. The fourth-order valence-electron chi connectivity index (χ4n) is 3.24. The van der Waals surface area contributed by atoms with E-state index in [0.29, 0.717) is 38.9 Å². The van der Waals surface area contributed by atoms with Crippen LogP contribution in [0.2, 0.25) is 0 Å². The van der Waals surface area contributed by atoms with Crippen LogP contribution < -0.4 is 4.74 Å². The van der Waals surface area contributed by atoms with Gasteiger partial charge < -0.3 is 9.64 Å². The highest BCUT2D eigenvalue weighted by atomic mass is 32.2. The van der Waals surface area contributed by atoms with Gasteiger partial charge >= 0.3 is 0 Å². The molecule has 0 aromatic heterocycles. The van der Waals surface area contributed by atoms with Gasteiger partial charge in [-0.15, -0.1) is 0 Å². The second kappa shape index (κ2) is 10.7. The van der Waals surface area contributed by atoms with E-state index in [1.165, 1.54) is 0 Å². The number of nitrogens with zero attached hydrogens (tertiary/aromatic N) is 2. The highest BCUT2D eigenvalue weighted by Crippen LogP contribution is 2.15.